The van der Waals surface area contributed by atoms with E-state index in [9.17, 15) is 4.79 Å². The minimum Gasteiger partial charge on any atom is -0.275 e. The highest BCUT2D eigenvalue weighted by molar-refractivity contribution is 5.53. The first-order valence-corrected chi connectivity index (χ1v) is 4.38. The van der Waals surface area contributed by atoms with Gasteiger partial charge in [0.2, 0.25) is 0 Å². The van der Waals surface area contributed by atoms with E-state index in [2.05, 4.69) is 15.2 Å². The number of aromatic amines is 1. The van der Waals surface area contributed by atoms with Crippen LogP contribution in [-0.4, -0.2) is 19.7 Å². The van der Waals surface area contributed by atoms with E-state index in [1.165, 1.54) is 0 Å². The third kappa shape index (κ3) is 1.32. The second-order valence-electron chi connectivity index (χ2n) is 2.83. The standard InChI is InChI=1S/C9H10N4O/c1-2-13-8(11-12-9(13)14)7-3-5-10-6-4-7/h3-6H,2H2,1H3,(H,12,14). The molecule has 0 aliphatic carbocycles. The average Bonchev–Trinajstić information content (AvgIpc) is 2.61. The van der Waals surface area contributed by atoms with Gasteiger partial charge in [-0.25, -0.2) is 9.89 Å². The monoisotopic (exact) mass is 190 g/mol. The van der Waals surface area contributed by atoms with Crippen molar-refractivity contribution in [1.29, 1.82) is 0 Å². The Kier molecular flexibility index (Phi) is 2.14. The van der Waals surface area contributed by atoms with Gasteiger partial charge in [-0.3, -0.25) is 9.55 Å². The fourth-order valence-corrected chi connectivity index (χ4v) is 1.33. The van der Waals surface area contributed by atoms with Gasteiger partial charge in [0.15, 0.2) is 5.82 Å². The number of nitrogens with one attached hydrogen (secondary N) is 1. The molecule has 5 nitrogen and oxygen atoms in total. The SMILES string of the molecule is CCn1c(-c2ccncc2)n[nH]c1=O. The average molecular weight is 190 g/mol. The molecule has 2 aromatic rings. The van der Waals surface area contributed by atoms with Crippen LogP contribution in [0.3, 0.4) is 0 Å². The number of nitrogens with zero attached hydrogens (tertiary/aromatic N) is 3. The minimum atomic E-state index is -0.181. The lowest BCUT2D eigenvalue weighted by molar-refractivity contribution is 0.736. The molecule has 72 valence electrons. The van der Waals surface area contributed by atoms with Crippen molar-refractivity contribution in [1.82, 2.24) is 19.7 Å². The Morgan fingerprint density at radius 2 is 2.14 bits per heavy atom. The molecular formula is C9H10N4O. The fourth-order valence-electron chi connectivity index (χ4n) is 1.33. The number of aromatic nitrogens is 4. The van der Waals surface area contributed by atoms with Gasteiger partial charge in [-0.15, -0.1) is 0 Å². The number of rotatable bonds is 2. The summed E-state index contributed by atoms with van der Waals surface area (Å²) in [5.74, 6) is 0.653. The van der Waals surface area contributed by atoms with E-state index in [1.54, 1.807) is 17.0 Å². The molecule has 0 spiro atoms. The van der Waals surface area contributed by atoms with Gasteiger partial charge in [-0.1, -0.05) is 0 Å². The summed E-state index contributed by atoms with van der Waals surface area (Å²) >= 11 is 0. The number of pyridine rings is 1. The molecule has 0 saturated heterocycles. The van der Waals surface area contributed by atoms with Gasteiger partial charge < -0.3 is 0 Å². The molecule has 0 aliphatic heterocycles. The lowest BCUT2D eigenvalue weighted by Crippen LogP contribution is -2.16. The molecular weight excluding hydrogens is 180 g/mol. The van der Waals surface area contributed by atoms with Crippen LogP contribution in [0.1, 0.15) is 6.92 Å². The zero-order valence-corrected chi connectivity index (χ0v) is 7.77. The van der Waals surface area contributed by atoms with Crippen LogP contribution in [0.5, 0.6) is 0 Å². The Hall–Kier alpha value is -1.91. The zero-order chi connectivity index (χ0) is 9.97. The maximum atomic E-state index is 11.3. The Labute approximate surface area is 80.4 Å². The van der Waals surface area contributed by atoms with E-state index in [0.29, 0.717) is 12.4 Å². The Bertz CT molecular complexity index is 471. The van der Waals surface area contributed by atoms with Crippen molar-refractivity contribution in [3.8, 4) is 11.4 Å². The van der Waals surface area contributed by atoms with Crippen LogP contribution in [0.15, 0.2) is 29.3 Å². The second kappa shape index (κ2) is 3.45. The highest BCUT2D eigenvalue weighted by Crippen LogP contribution is 2.12. The summed E-state index contributed by atoms with van der Waals surface area (Å²) in [6.45, 7) is 2.51. The predicted molar refractivity (Wildman–Crippen MR) is 51.8 cm³/mol. The Morgan fingerprint density at radius 1 is 1.43 bits per heavy atom. The van der Waals surface area contributed by atoms with Crippen LogP contribution in [-0.2, 0) is 6.54 Å². The van der Waals surface area contributed by atoms with Gasteiger partial charge in [0.25, 0.3) is 0 Å². The highest BCUT2D eigenvalue weighted by Gasteiger charge is 2.07. The fraction of sp³-hybridized carbons (Fsp3) is 0.222. The summed E-state index contributed by atoms with van der Waals surface area (Å²) in [4.78, 5) is 15.2. The number of hydrogen-bond acceptors (Lipinski definition) is 3. The van der Waals surface area contributed by atoms with E-state index in [0.717, 1.165) is 5.56 Å². The summed E-state index contributed by atoms with van der Waals surface area (Å²) in [6, 6.07) is 3.64. The molecule has 2 rings (SSSR count). The molecule has 0 saturated carbocycles. The summed E-state index contributed by atoms with van der Waals surface area (Å²) < 4.78 is 1.58. The molecule has 0 unspecified atom stereocenters. The van der Waals surface area contributed by atoms with Gasteiger partial charge in [-0.05, 0) is 19.1 Å². The van der Waals surface area contributed by atoms with Crippen LogP contribution < -0.4 is 5.69 Å². The zero-order valence-electron chi connectivity index (χ0n) is 7.77. The van der Waals surface area contributed by atoms with Gasteiger partial charge in [0.1, 0.15) is 0 Å². The quantitative estimate of drug-likeness (QED) is 0.756. The molecule has 0 radical (unpaired) electrons. The van der Waals surface area contributed by atoms with E-state index in [4.69, 9.17) is 0 Å². The van der Waals surface area contributed by atoms with Gasteiger partial charge in [0, 0.05) is 24.5 Å². The lowest BCUT2D eigenvalue weighted by Gasteiger charge is -2.00. The maximum absolute atomic E-state index is 11.3. The van der Waals surface area contributed by atoms with Crippen LogP contribution >= 0.6 is 0 Å². The normalized spacial score (nSPS) is 10.4. The second-order valence-corrected chi connectivity index (χ2v) is 2.83. The molecule has 0 aromatic carbocycles. The highest BCUT2D eigenvalue weighted by atomic mass is 16.1. The smallest absolute Gasteiger partial charge is 0.275 e. The van der Waals surface area contributed by atoms with Crippen LogP contribution in [0.2, 0.25) is 0 Å². The van der Waals surface area contributed by atoms with Crippen molar-refractivity contribution in [2.75, 3.05) is 0 Å². The van der Waals surface area contributed by atoms with Gasteiger partial charge in [0.05, 0.1) is 0 Å². The molecule has 5 heteroatoms. The minimum absolute atomic E-state index is 0.181. The Morgan fingerprint density at radius 3 is 2.79 bits per heavy atom. The van der Waals surface area contributed by atoms with Crippen molar-refractivity contribution in [3.63, 3.8) is 0 Å². The molecule has 1 N–H and O–H groups in total. The first kappa shape index (κ1) is 8.68. The first-order valence-electron chi connectivity index (χ1n) is 4.38. The van der Waals surface area contributed by atoms with E-state index >= 15 is 0 Å². The van der Waals surface area contributed by atoms with Crippen molar-refractivity contribution in [2.24, 2.45) is 0 Å². The molecule has 14 heavy (non-hydrogen) atoms. The molecule has 2 heterocycles. The van der Waals surface area contributed by atoms with E-state index < -0.39 is 0 Å². The largest absolute Gasteiger partial charge is 0.343 e. The summed E-state index contributed by atoms with van der Waals surface area (Å²) in [7, 11) is 0. The van der Waals surface area contributed by atoms with Gasteiger partial charge >= 0.3 is 5.69 Å². The third-order valence-corrected chi connectivity index (χ3v) is 2.01. The van der Waals surface area contributed by atoms with Crippen LogP contribution in [0.4, 0.5) is 0 Å². The summed E-state index contributed by atoms with van der Waals surface area (Å²) in [5, 5.41) is 6.38. The summed E-state index contributed by atoms with van der Waals surface area (Å²) in [5.41, 5.74) is 0.708. The molecule has 0 amide bonds. The Balaban J connectivity index is 2.57. The molecule has 0 bridgehead atoms. The topological polar surface area (TPSA) is 63.6 Å². The predicted octanol–water partition coefficient (Wildman–Crippen LogP) is 0.653. The van der Waals surface area contributed by atoms with Crippen molar-refractivity contribution < 1.29 is 0 Å². The molecule has 0 aliphatic rings. The molecule has 0 fully saturated rings. The third-order valence-electron chi connectivity index (χ3n) is 2.01. The molecule has 2 aromatic heterocycles. The number of H-pyrrole nitrogens is 1. The van der Waals surface area contributed by atoms with Crippen molar-refractivity contribution in [2.45, 2.75) is 13.5 Å². The number of hydrogen-bond donors (Lipinski definition) is 1. The van der Waals surface area contributed by atoms with Crippen molar-refractivity contribution >= 4 is 0 Å². The van der Waals surface area contributed by atoms with Crippen LogP contribution in [0.25, 0.3) is 11.4 Å². The van der Waals surface area contributed by atoms with Crippen molar-refractivity contribution in [3.05, 3.63) is 35.0 Å². The van der Waals surface area contributed by atoms with E-state index in [-0.39, 0.29) is 5.69 Å². The van der Waals surface area contributed by atoms with Crippen LogP contribution in [0, 0.1) is 0 Å². The van der Waals surface area contributed by atoms with Gasteiger partial charge in [-0.2, -0.15) is 5.10 Å². The maximum Gasteiger partial charge on any atom is 0.343 e. The molecule has 0 atom stereocenters. The summed E-state index contributed by atoms with van der Waals surface area (Å²) in [6.07, 6.45) is 3.35. The lowest BCUT2D eigenvalue weighted by atomic mass is 10.2. The first-order chi connectivity index (χ1) is 6.83. The van der Waals surface area contributed by atoms with E-state index in [1.807, 2.05) is 19.1 Å².